The van der Waals surface area contributed by atoms with Crippen LogP contribution in [0.5, 0.6) is 0 Å². The van der Waals surface area contributed by atoms with E-state index in [2.05, 4.69) is 35.2 Å². The number of rotatable bonds is 9. The molecule has 29 heavy (non-hydrogen) atoms. The average molecular weight is 393 g/mol. The Hall–Kier alpha value is -3.15. The number of aromatic amines is 1. The van der Waals surface area contributed by atoms with Gasteiger partial charge in [0.05, 0.1) is 0 Å². The zero-order valence-corrected chi connectivity index (χ0v) is 17.1. The number of carbonyl (C=O) groups excluding carboxylic acids is 2. The van der Waals surface area contributed by atoms with Crippen LogP contribution in [0, 0.1) is 0 Å². The van der Waals surface area contributed by atoms with E-state index < -0.39 is 0 Å². The molecule has 0 aliphatic carbocycles. The molecule has 6 nitrogen and oxygen atoms in total. The van der Waals surface area contributed by atoms with Gasteiger partial charge in [0.1, 0.15) is 5.69 Å². The van der Waals surface area contributed by atoms with Crippen LogP contribution in [-0.4, -0.2) is 46.3 Å². The van der Waals surface area contributed by atoms with Crippen molar-refractivity contribution < 1.29 is 9.59 Å². The molecule has 0 radical (unpaired) electrons. The second-order valence-corrected chi connectivity index (χ2v) is 7.09. The van der Waals surface area contributed by atoms with Gasteiger partial charge in [-0.1, -0.05) is 32.0 Å². The van der Waals surface area contributed by atoms with E-state index >= 15 is 0 Å². The summed E-state index contributed by atoms with van der Waals surface area (Å²) in [6, 6.07) is 11.4. The van der Waals surface area contributed by atoms with Crippen LogP contribution in [-0.2, 0) is 6.42 Å². The minimum absolute atomic E-state index is 0.0519. The number of pyridine rings is 1. The first-order chi connectivity index (χ1) is 14.1. The van der Waals surface area contributed by atoms with Crippen LogP contribution in [0.3, 0.4) is 0 Å². The number of fused-ring (bicyclic) bond motifs is 1. The Balaban J connectivity index is 1.62. The van der Waals surface area contributed by atoms with Crippen LogP contribution >= 0.6 is 0 Å². The van der Waals surface area contributed by atoms with Gasteiger partial charge < -0.3 is 15.2 Å². The molecule has 0 fully saturated rings. The molecule has 2 amide bonds. The van der Waals surface area contributed by atoms with Gasteiger partial charge in [-0.15, -0.1) is 0 Å². The van der Waals surface area contributed by atoms with Gasteiger partial charge in [-0.25, -0.2) is 0 Å². The summed E-state index contributed by atoms with van der Waals surface area (Å²) in [5.41, 5.74) is 3.02. The fraction of sp³-hybridized carbons (Fsp3) is 0.348. The Morgan fingerprint density at radius 3 is 2.62 bits per heavy atom. The number of aromatic nitrogens is 2. The molecule has 0 unspecified atom stereocenters. The van der Waals surface area contributed by atoms with Crippen LogP contribution in [0.4, 0.5) is 0 Å². The molecule has 0 bridgehead atoms. The van der Waals surface area contributed by atoms with Gasteiger partial charge >= 0.3 is 0 Å². The number of nitrogens with zero attached hydrogens (tertiary/aromatic N) is 2. The van der Waals surface area contributed by atoms with Gasteiger partial charge in [0.15, 0.2) is 0 Å². The molecule has 2 aromatic heterocycles. The summed E-state index contributed by atoms with van der Waals surface area (Å²) in [6.07, 6.45) is 6.02. The SMILES string of the molecule is CCCN(CCC)C(=O)c1ccnc(C(=O)NCCc2c[nH]c3ccccc23)c1. The fourth-order valence-corrected chi connectivity index (χ4v) is 3.46. The number of H-pyrrole nitrogens is 1. The molecular formula is C23H28N4O2. The summed E-state index contributed by atoms with van der Waals surface area (Å²) in [4.78, 5) is 34.5. The van der Waals surface area contributed by atoms with Crippen molar-refractivity contribution in [1.82, 2.24) is 20.2 Å². The van der Waals surface area contributed by atoms with E-state index in [-0.39, 0.29) is 17.5 Å². The lowest BCUT2D eigenvalue weighted by atomic mass is 10.1. The maximum absolute atomic E-state index is 12.8. The largest absolute Gasteiger partial charge is 0.361 e. The number of nitrogens with one attached hydrogen (secondary N) is 2. The zero-order chi connectivity index (χ0) is 20.6. The van der Waals surface area contributed by atoms with Crippen molar-refractivity contribution in [3.63, 3.8) is 0 Å². The monoisotopic (exact) mass is 392 g/mol. The van der Waals surface area contributed by atoms with E-state index in [4.69, 9.17) is 0 Å². The maximum Gasteiger partial charge on any atom is 0.269 e. The molecule has 0 atom stereocenters. The van der Waals surface area contributed by atoms with Crippen LogP contribution in [0.25, 0.3) is 10.9 Å². The van der Waals surface area contributed by atoms with E-state index in [0.717, 1.165) is 30.3 Å². The first kappa shape index (κ1) is 20.6. The van der Waals surface area contributed by atoms with E-state index in [0.29, 0.717) is 25.2 Å². The third kappa shape index (κ3) is 5.02. The molecule has 3 aromatic rings. The van der Waals surface area contributed by atoms with Gasteiger partial charge in [-0.3, -0.25) is 14.6 Å². The molecule has 0 aliphatic heterocycles. The Labute approximate surface area is 171 Å². The lowest BCUT2D eigenvalue weighted by Gasteiger charge is -2.21. The average Bonchev–Trinajstić information content (AvgIpc) is 3.16. The normalized spacial score (nSPS) is 10.8. The topological polar surface area (TPSA) is 78.1 Å². The molecule has 0 spiro atoms. The third-order valence-corrected chi connectivity index (χ3v) is 4.87. The molecule has 0 saturated heterocycles. The molecule has 1 aromatic carbocycles. The summed E-state index contributed by atoms with van der Waals surface area (Å²) >= 11 is 0. The van der Waals surface area contributed by atoms with Crippen LogP contribution < -0.4 is 5.32 Å². The number of hydrogen-bond acceptors (Lipinski definition) is 3. The highest BCUT2D eigenvalue weighted by Crippen LogP contribution is 2.17. The number of benzene rings is 1. The highest BCUT2D eigenvalue weighted by molar-refractivity contribution is 5.98. The third-order valence-electron chi connectivity index (χ3n) is 4.87. The lowest BCUT2D eigenvalue weighted by Crippen LogP contribution is -2.33. The van der Waals surface area contributed by atoms with Crippen LogP contribution in [0.1, 0.15) is 53.1 Å². The van der Waals surface area contributed by atoms with Gasteiger partial charge in [0, 0.05) is 48.5 Å². The van der Waals surface area contributed by atoms with Crippen molar-refractivity contribution in [1.29, 1.82) is 0 Å². The molecule has 0 aliphatic rings. The van der Waals surface area contributed by atoms with Gasteiger partial charge in [-0.2, -0.15) is 0 Å². The van der Waals surface area contributed by atoms with Crippen LogP contribution in [0.15, 0.2) is 48.8 Å². The summed E-state index contributed by atoms with van der Waals surface area (Å²) in [7, 11) is 0. The van der Waals surface area contributed by atoms with Crippen molar-refractivity contribution >= 4 is 22.7 Å². The first-order valence-corrected chi connectivity index (χ1v) is 10.2. The quantitative estimate of drug-likeness (QED) is 0.581. The first-order valence-electron chi connectivity index (χ1n) is 10.2. The van der Waals surface area contributed by atoms with Crippen molar-refractivity contribution in [2.24, 2.45) is 0 Å². The molecule has 6 heteroatoms. The van der Waals surface area contributed by atoms with Crippen LogP contribution in [0.2, 0.25) is 0 Å². The summed E-state index contributed by atoms with van der Waals surface area (Å²) in [6.45, 7) is 6.02. The van der Waals surface area contributed by atoms with Gasteiger partial charge in [-0.05, 0) is 43.0 Å². The predicted molar refractivity (Wildman–Crippen MR) is 115 cm³/mol. The highest BCUT2D eigenvalue weighted by atomic mass is 16.2. The van der Waals surface area contributed by atoms with Crippen molar-refractivity contribution in [3.05, 3.63) is 65.6 Å². The number of hydrogen-bond donors (Lipinski definition) is 2. The molecule has 2 heterocycles. The Morgan fingerprint density at radius 1 is 1.10 bits per heavy atom. The number of carbonyl (C=O) groups is 2. The van der Waals surface area contributed by atoms with Gasteiger partial charge in [0.2, 0.25) is 0 Å². The lowest BCUT2D eigenvalue weighted by molar-refractivity contribution is 0.0755. The van der Waals surface area contributed by atoms with Crippen molar-refractivity contribution in [2.45, 2.75) is 33.1 Å². The summed E-state index contributed by atoms with van der Waals surface area (Å²) in [5.74, 6) is -0.319. The van der Waals surface area contributed by atoms with E-state index in [1.807, 2.05) is 29.3 Å². The van der Waals surface area contributed by atoms with E-state index in [1.54, 1.807) is 12.1 Å². The smallest absolute Gasteiger partial charge is 0.269 e. The van der Waals surface area contributed by atoms with E-state index in [1.165, 1.54) is 11.6 Å². The Bertz CT molecular complexity index is 974. The summed E-state index contributed by atoms with van der Waals surface area (Å²) < 4.78 is 0. The van der Waals surface area contributed by atoms with Crippen molar-refractivity contribution in [3.8, 4) is 0 Å². The fourth-order valence-electron chi connectivity index (χ4n) is 3.46. The molecule has 0 saturated carbocycles. The minimum atomic E-state index is -0.267. The second kappa shape index (κ2) is 9.87. The van der Waals surface area contributed by atoms with Gasteiger partial charge in [0.25, 0.3) is 11.8 Å². The minimum Gasteiger partial charge on any atom is -0.361 e. The molecule has 152 valence electrons. The Morgan fingerprint density at radius 2 is 1.86 bits per heavy atom. The predicted octanol–water partition coefficient (Wildman–Crippen LogP) is 3.80. The molecular weight excluding hydrogens is 364 g/mol. The zero-order valence-electron chi connectivity index (χ0n) is 17.1. The molecule has 2 N–H and O–H groups in total. The van der Waals surface area contributed by atoms with E-state index in [9.17, 15) is 9.59 Å². The van der Waals surface area contributed by atoms with Crippen molar-refractivity contribution in [2.75, 3.05) is 19.6 Å². The second-order valence-electron chi connectivity index (χ2n) is 7.09. The number of para-hydroxylation sites is 1. The Kier molecular flexibility index (Phi) is 7.00. The molecule has 3 rings (SSSR count). The maximum atomic E-state index is 12.8. The number of amides is 2. The summed E-state index contributed by atoms with van der Waals surface area (Å²) in [5, 5.41) is 4.07. The standard InChI is InChI=1S/C23H28N4O2/c1-3-13-27(14-4-2)23(29)17-9-11-24-21(15-17)22(28)25-12-10-18-16-26-20-8-6-5-7-19(18)20/h5-9,11,15-16,26H,3-4,10,12-14H2,1-2H3,(H,25,28). The highest BCUT2D eigenvalue weighted by Gasteiger charge is 2.17.